The van der Waals surface area contributed by atoms with E-state index < -0.39 is 11.7 Å². The van der Waals surface area contributed by atoms with Gasteiger partial charge in [0.25, 0.3) is 0 Å². The van der Waals surface area contributed by atoms with Gasteiger partial charge in [-0.25, -0.2) is 4.79 Å². The van der Waals surface area contributed by atoms with Crippen LogP contribution < -0.4 is 5.32 Å². The Kier molecular flexibility index (Phi) is 4.84. The number of alkyl halides is 3. The summed E-state index contributed by atoms with van der Waals surface area (Å²) in [5.41, 5.74) is -0.532. The van der Waals surface area contributed by atoms with Crippen LogP contribution in [0.4, 0.5) is 18.0 Å². The number of amides is 2. The SMILES string of the molecule is CCCCNC(=O)N1CC=C(C(F)(F)F)CC1. The first-order chi connectivity index (χ1) is 7.95. The highest BCUT2D eigenvalue weighted by molar-refractivity contribution is 5.74. The molecular weight excluding hydrogens is 233 g/mol. The molecule has 0 fully saturated rings. The summed E-state index contributed by atoms with van der Waals surface area (Å²) < 4.78 is 37.0. The lowest BCUT2D eigenvalue weighted by molar-refractivity contribution is -0.0956. The Morgan fingerprint density at radius 3 is 2.71 bits per heavy atom. The zero-order valence-corrected chi connectivity index (χ0v) is 9.81. The number of rotatable bonds is 3. The molecule has 0 saturated heterocycles. The van der Waals surface area contributed by atoms with Crippen molar-refractivity contribution in [2.75, 3.05) is 19.6 Å². The molecule has 0 spiro atoms. The molecule has 0 aliphatic carbocycles. The largest absolute Gasteiger partial charge is 0.412 e. The number of halogens is 3. The van der Waals surface area contributed by atoms with Crippen LogP contribution in [-0.2, 0) is 0 Å². The van der Waals surface area contributed by atoms with Crippen LogP contribution in [0, 0.1) is 0 Å². The number of carbonyl (C=O) groups excluding carboxylic acids is 1. The molecule has 0 atom stereocenters. The average molecular weight is 250 g/mol. The predicted octanol–water partition coefficient (Wildman–Crippen LogP) is 2.69. The van der Waals surface area contributed by atoms with Crippen LogP contribution in [0.5, 0.6) is 0 Å². The summed E-state index contributed by atoms with van der Waals surface area (Å²) in [7, 11) is 0. The van der Waals surface area contributed by atoms with Crippen molar-refractivity contribution in [1.82, 2.24) is 10.2 Å². The lowest BCUT2D eigenvalue weighted by atomic mass is 10.1. The molecule has 1 heterocycles. The molecule has 0 radical (unpaired) electrons. The lowest BCUT2D eigenvalue weighted by Crippen LogP contribution is -2.43. The standard InChI is InChI=1S/C11H17F3N2O/c1-2-3-6-15-10(17)16-7-4-9(5-8-16)11(12,13)14/h4H,2-3,5-8H2,1H3,(H,15,17). The predicted molar refractivity (Wildman–Crippen MR) is 58.6 cm³/mol. The molecule has 1 N–H and O–H groups in total. The topological polar surface area (TPSA) is 32.3 Å². The Labute approximate surface area is 98.7 Å². The summed E-state index contributed by atoms with van der Waals surface area (Å²) in [6.07, 6.45) is -1.44. The minimum Gasteiger partial charge on any atom is -0.338 e. The maximum absolute atomic E-state index is 12.3. The van der Waals surface area contributed by atoms with E-state index in [1.54, 1.807) is 0 Å². The quantitative estimate of drug-likeness (QED) is 0.606. The van der Waals surface area contributed by atoms with E-state index in [4.69, 9.17) is 0 Å². The molecule has 6 heteroatoms. The van der Waals surface area contributed by atoms with E-state index in [0.717, 1.165) is 18.9 Å². The highest BCUT2D eigenvalue weighted by Crippen LogP contribution is 2.29. The van der Waals surface area contributed by atoms with E-state index in [2.05, 4.69) is 5.32 Å². The monoisotopic (exact) mass is 250 g/mol. The summed E-state index contributed by atoms with van der Waals surface area (Å²) in [5.74, 6) is 0. The summed E-state index contributed by atoms with van der Waals surface area (Å²) in [6, 6.07) is -0.282. The number of hydrogen-bond acceptors (Lipinski definition) is 1. The van der Waals surface area contributed by atoms with Gasteiger partial charge in [0.2, 0.25) is 0 Å². The van der Waals surface area contributed by atoms with E-state index in [0.29, 0.717) is 6.54 Å². The van der Waals surface area contributed by atoms with Gasteiger partial charge < -0.3 is 10.2 Å². The summed E-state index contributed by atoms with van der Waals surface area (Å²) in [4.78, 5) is 12.9. The minimum atomic E-state index is -4.26. The van der Waals surface area contributed by atoms with Crippen molar-refractivity contribution >= 4 is 6.03 Å². The highest BCUT2D eigenvalue weighted by Gasteiger charge is 2.35. The van der Waals surface area contributed by atoms with Gasteiger partial charge in [-0.2, -0.15) is 13.2 Å². The second-order valence-corrected chi connectivity index (χ2v) is 4.01. The van der Waals surface area contributed by atoms with Gasteiger partial charge in [0.05, 0.1) is 0 Å². The van der Waals surface area contributed by atoms with Crippen LogP contribution >= 0.6 is 0 Å². The van der Waals surface area contributed by atoms with Gasteiger partial charge in [0, 0.05) is 25.2 Å². The number of hydrogen-bond donors (Lipinski definition) is 1. The Hall–Kier alpha value is -1.20. The molecule has 3 nitrogen and oxygen atoms in total. The molecule has 0 unspecified atom stereocenters. The van der Waals surface area contributed by atoms with Gasteiger partial charge >= 0.3 is 12.2 Å². The van der Waals surface area contributed by atoms with Crippen molar-refractivity contribution < 1.29 is 18.0 Å². The Balaban J connectivity index is 2.41. The number of unbranched alkanes of at least 4 members (excludes halogenated alkanes) is 1. The Bertz CT molecular complexity index is 300. The molecule has 17 heavy (non-hydrogen) atoms. The van der Waals surface area contributed by atoms with E-state index in [-0.39, 0.29) is 25.5 Å². The van der Waals surface area contributed by atoms with Gasteiger partial charge in [-0.05, 0) is 12.8 Å². The fourth-order valence-corrected chi connectivity index (χ4v) is 1.59. The van der Waals surface area contributed by atoms with E-state index in [1.807, 2.05) is 6.92 Å². The Morgan fingerprint density at radius 2 is 2.24 bits per heavy atom. The van der Waals surface area contributed by atoms with Crippen LogP contribution in [0.15, 0.2) is 11.6 Å². The summed E-state index contributed by atoms with van der Waals surface area (Å²) in [5, 5.41) is 2.68. The third kappa shape index (κ3) is 4.28. The van der Waals surface area contributed by atoms with Crippen LogP contribution in [-0.4, -0.2) is 36.7 Å². The fraction of sp³-hybridized carbons (Fsp3) is 0.727. The highest BCUT2D eigenvalue weighted by atomic mass is 19.4. The molecule has 0 aromatic carbocycles. The first kappa shape index (κ1) is 13.9. The summed E-state index contributed by atoms with van der Waals surface area (Å²) >= 11 is 0. The molecule has 98 valence electrons. The maximum atomic E-state index is 12.3. The summed E-state index contributed by atoms with van der Waals surface area (Å²) in [6.45, 7) is 2.74. The number of nitrogens with zero attached hydrogens (tertiary/aromatic N) is 1. The van der Waals surface area contributed by atoms with E-state index >= 15 is 0 Å². The third-order valence-corrected chi connectivity index (χ3v) is 2.67. The maximum Gasteiger partial charge on any atom is 0.412 e. The molecule has 0 aromatic heterocycles. The van der Waals surface area contributed by atoms with Crippen molar-refractivity contribution in [3.05, 3.63) is 11.6 Å². The molecule has 0 bridgehead atoms. The van der Waals surface area contributed by atoms with Crippen molar-refractivity contribution in [3.63, 3.8) is 0 Å². The van der Waals surface area contributed by atoms with Gasteiger partial charge in [0.15, 0.2) is 0 Å². The smallest absolute Gasteiger partial charge is 0.338 e. The van der Waals surface area contributed by atoms with Gasteiger partial charge in [0.1, 0.15) is 0 Å². The molecule has 1 aliphatic rings. The number of carbonyl (C=O) groups is 1. The Morgan fingerprint density at radius 1 is 1.53 bits per heavy atom. The van der Waals surface area contributed by atoms with E-state index in [9.17, 15) is 18.0 Å². The zero-order valence-electron chi connectivity index (χ0n) is 9.81. The zero-order chi connectivity index (χ0) is 12.9. The minimum absolute atomic E-state index is 0.0345. The lowest BCUT2D eigenvalue weighted by Gasteiger charge is -2.27. The molecule has 1 rings (SSSR count). The molecule has 1 aliphatic heterocycles. The van der Waals surface area contributed by atoms with Gasteiger partial charge in [-0.3, -0.25) is 0 Å². The average Bonchev–Trinajstić information content (AvgIpc) is 2.28. The van der Waals surface area contributed by atoms with Crippen LogP contribution in [0.25, 0.3) is 0 Å². The van der Waals surface area contributed by atoms with Gasteiger partial charge in [-0.15, -0.1) is 0 Å². The second-order valence-electron chi connectivity index (χ2n) is 4.01. The first-order valence-electron chi connectivity index (χ1n) is 5.74. The van der Waals surface area contributed by atoms with Gasteiger partial charge in [-0.1, -0.05) is 19.4 Å². The number of nitrogens with one attached hydrogen (secondary N) is 1. The van der Waals surface area contributed by atoms with Crippen LogP contribution in [0.2, 0.25) is 0 Å². The van der Waals surface area contributed by atoms with Crippen molar-refractivity contribution in [2.24, 2.45) is 0 Å². The number of urea groups is 1. The van der Waals surface area contributed by atoms with Crippen molar-refractivity contribution in [2.45, 2.75) is 32.4 Å². The molecule has 0 aromatic rings. The van der Waals surface area contributed by atoms with Crippen LogP contribution in [0.3, 0.4) is 0 Å². The van der Waals surface area contributed by atoms with Crippen molar-refractivity contribution in [1.29, 1.82) is 0 Å². The molecule has 2 amide bonds. The fourth-order valence-electron chi connectivity index (χ4n) is 1.59. The second kappa shape index (κ2) is 5.93. The third-order valence-electron chi connectivity index (χ3n) is 2.67. The van der Waals surface area contributed by atoms with Crippen LogP contribution in [0.1, 0.15) is 26.2 Å². The van der Waals surface area contributed by atoms with E-state index in [1.165, 1.54) is 4.90 Å². The first-order valence-corrected chi connectivity index (χ1v) is 5.74. The normalized spacial score (nSPS) is 16.7. The molecular formula is C11H17F3N2O. The van der Waals surface area contributed by atoms with Crippen molar-refractivity contribution in [3.8, 4) is 0 Å². The molecule has 0 saturated carbocycles.